The number of rotatable bonds is 7. The lowest BCUT2D eigenvalue weighted by Gasteiger charge is -2.10. The van der Waals surface area contributed by atoms with Crippen molar-refractivity contribution in [3.63, 3.8) is 0 Å². The van der Waals surface area contributed by atoms with Crippen LogP contribution in [0, 0.1) is 5.82 Å². The van der Waals surface area contributed by atoms with E-state index in [1.54, 1.807) is 0 Å². The van der Waals surface area contributed by atoms with Crippen molar-refractivity contribution in [3.05, 3.63) is 23.6 Å². The molecular weight excluding hydrogens is 205 g/mol. The Morgan fingerprint density at radius 2 is 2.00 bits per heavy atom. The van der Waals surface area contributed by atoms with Gasteiger partial charge in [-0.2, -0.15) is 0 Å². The molecular formula is C12H20FN3. The zero-order valence-electron chi connectivity index (χ0n) is 10.0. The Bertz CT molecular complexity index is 315. The molecule has 90 valence electrons. The fraction of sp³-hybridized carbons (Fsp3) is 0.583. The topological polar surface area (TPSA) is 37.0 Å². The van der Waals surface area contributed by atoms with Crippen LogP contribution in [0.4, 0.5) is 10.2 Å². The molecule has 3 nitrogen and oxygen atoms in total. The monoisotopic (exact) mass is 225 g/mol. The molecule has 1 aromatic heterocycles. The van der Waals surface area contributed by atoms with Crippen molar-refractivity contribution < 1.29 is 4.39 Å². The van der Waals surface area contributed by atoms with Crippen molar-refractivity contribution >= 4 is 5.82 Å². The van der Waals surface area contributed by atoms with Gasteiger partial charge in [-0.15, -0.1) is 0 Å². The first kappa shape index (κ1) is 12.9. The molecule has 0 bridgehead atoms. The molecule has 0 aliphatic carbocycles. The smallest absolute Gasteiger partial charge is 0.141 e. The van der Waals surface area contributed by atoms with E-state index in [0.717, 1.165) is 37.3 Å². The van der Waals surface area contributed by atoms with Crippen LogP contribution in [0.1, 0.15) is 32.3 Å². The number of halogens is 1. The molecule has 0 saturated carbocycles. The van der Waals surface area contributed by atoms with Crippen LogP contribution in [-0.4, -0.2) is 18.1 Å². The number of hydrogen-bond acceptors (Lipinski definition) is 3. The van der Waals surface area contributed by atoms with Gasteiger partial charge >= 0.3 is 0 Å². The average Bonchev–Trinajstić information content (AvgIpc) is 2.28. The van der Waals surface area contributed by atoms with Gasteiger partial charge in [0.2, 0.25) is 0 Å². The van der Waals surface area contributed by atoms with E-state index in [1.165, 1.54) is 12.3 Å². The molecule has 0 aliphatic rings. The number of nitrogens with one attached hydrogen (secondary N) is 2. The van der Waals surface area contributed by atoms with Crippen molar-refractivity contribution in [1.29, 1.82) is 0 Å². The largest absolute Gasteiger partial charge is 0.370 e. The highest BCUT2D eigenvalue weighted by molar-refractivity contribution is 5.43. The van der Waals surface area contributed by atoms with E-state index in [9.17, 15) is 4.39 Å². The molecule has 0 atom stereocenters. The summed E-state index contributed by atoms with van der Waals surface area (Å²) in [4.78, 5) is 4.07. The Morgan fingerprint density at radius 3 is 2.69 bits per heavy atom. The van der Waals surface area contributed by atoms with E-state index in [2.05, 4.69) is 29.5 Å². The standard InChI is InChI=1S/C12H20FN3/c1-3-5-14-8-10-7-11(13)9-16-12(10)15-6-4-2/h7,9,14H,3-6,8H2,1-2H3,(H,15,16). The minimum Gasteiger partial charge on any atom is -0.370 e. The number of anilines is 1. The van der Waals surface area contributed by atoms with Crippen LogP contribution in [0.2, 0.25) is 0 Å². The SMILES string of the molecule is CCCNCc1cc(F)cnc1NCCC. The van der Waals surface area contributed by atoms with E-state index >= 15 is 0 Å². The van der Waals surface area contributed by atoms with Gasteiger partial charge in [0, 0.05) is 18.7 Å². The maximum Gasteiger partial charge on any atom is 0.141 e. The van der Waals surface area contributed by atoms with Crippen LogP contribution in [0.15, 0.2) is 12.3 Å². The molecule has 16 heavy (non-hydrogen) atoms. The summed E-state index contributed by atoms with van der Waals surface area (Å²) in [6.45, 7) is 6.65. The predicted octanol–water partition coefficient (Wildman–Crippen LogP) is 2.54. The van der Waals surface area contributed by atoms with Gasteiger partial charge < -0.3 is 10.6 Å². The van der Waals surface area contributed by atoms with E-state index in [-0.39, 0.29) is 5.82 Å². The number of aromatic nitrogens is 1. The normalized spacial score (nSPS) is 10.4. The van der Waals surface area contributed by atoms with Crippen molar-refractivity contribution in [2.75, 3.05) is 18.4 Å². The fourth-order valence-electron chi connectivity index (χ4n) is 1.42. The summed E-state index contributed by atoms with van der Waals surface area (Å²) in [7, 11) is 0. The first-order chi connectivity index (χ1) is 7.77. The van der Waals surface area contributed by atoms with Crippen molar-refractivity contribution in [2.45, 2.75) is 33.2 Å². The summed E-state index contributed by atoms with van der Waals surface area (Å²) < 4.78 is 13.1. The van der Waals surface area contributed by atoms with Gasteiger partial charge in [0.15, 0.2) is 0 Å². The van der Waals surface area contributed by atoms with E-state index < -0.39 is 0 Å². The molecule has 0 aliphatic heterocycles. The van der Waals surface area contributed by atoms with Gasteiger partial charge in [0.1, 0.15) is 11.6 Å². The van der Waals surface area contributed by atoms with E-state index in [0.29, 0.717) is 6.54 Å². The Kier molecular flexibility index (Phi) is 5.78. The third-order valence-corrected chi connectivity index (χ3v) is 2.22. The Labute approximate surface area is 96.5 Å². The molecule has 0 amide bonds. The van der Waals surface area contributed by atoms with Gasteiger partial charge in [0.25, 0.3) is 0 Å². The fourth-order valence-corrected chi connectivity index (χ4v) is 1.42. The van der Waals surface area contributed by atoms with Crippen LogP contribution < -0.4 is 10.6 Å². The highest BCUT2D eigenvalue weighted by Gasteiger charge is 2.04. The van der Waals surface area contributed by atoms with Crippen molar-refractivity contribution in [2.24, 2.45) is 0 Å². The molecule has 0 radical (unpaired) electrons. The molecule has 1 aromatic rings. The van der Waals surface area contributed by atoms with Crippen LogP contribution in [0.3, 0.4) is 0 Å². The summed E-state index contributed by atoms with van der Waals surface area (Å²) in [5.74, 6) is 0.502. The Hall–Kier alpha value is -1.16. The van der Waals surface area contributed by atoms with Gasteiger partial charge in [-0.25, -0.2) is 9.37 Å². The van der Waals surface area contributed by atoms with Crippen molar-refractivity contribution in [3.8, 4) is 0 Å². The molecule has 0 spiro atoms. The molecule has 0 fully saturated rings. The average molecular weight is 225 g/mol. The van der Waals surface area contributed by atoms with Crippen LogP contribution in [0.25, 0.3) is 0 Å². The minimum absolute atomic E-state index is 0.282. The molecule has 1 rings (SSSR count). The second-order valence-electron chi connectivity index (χ2n) is 3.76. The molecule has 1 heterocycles. The maximum atomic E-state index is 13.1. The van der Waals surface area contributed by atoms with Crippen LogP contribution in [0.5, 0.6) is 0 Å². The number of hydrogen-bond donors (Lipinski definition) is 2. The van der Waals surface area contributed by atoms with Gasteiger partial charge in [-0.3, -0.25) is 0 Å². The quantitative estimate of drug-likeness (QED) is 0.700. The molecule has 0 aromatic carbocycles. The third-order valence-electron chi connectivity index (χ3n) is 2.22. The molecule has 0 unspecified atom stereocenters. The maximum absolute atomic E-state index is 13.1. The highest BCUT2D eigenvalue weighted by atomic mass is 19.1. The molecule has 0 saturated heterocycles. The first-order valence-corrected chi connectivity index (χ1v) is 5.87. The van der Waals surface area contributed by atoms with Crippen LogP contribution >= 0.6 is 0 Å². The molecule has 4 heteroatoms. The minimum atomic E-state index is -0.282. The lowest BCUT2D eigenvalue weighted by atomic mass is 10.2. The summed E-state index contributed by atoms with van der Waals surface area (Å²) in [6.07, 6.45) is 3.35. The van der Waals surface area contributed by atoms with Gasteiger partial charge in [-0.05, 0) is 25.5 Å². The van der Waals surface area contributed by atoms with Crippen LogP contribution in [-0.2, 0) is 6.54 Å². The Morgan fingerprint density at radius 1 is 1.25 bits per heavy atom. The number of pyridine rings is 1. The van der Waals surface area contributed by atoms with E-state index in [1.807, 2.05) is 0 Å². The first-order valence-electron chi connectivity index (χ1n) is 5.87. The van der Waals surface area contributed by atoms with Crippen molar-refractivity contribution in [1.82, 2.24) is 10.3 Å². The lowest BCUT2D eigenvalue weighted by Crippen LogP contribution is -2.16. The zero-order chi connectivity index (χ0) is 11.8. The lowest BCUT2D eigenvalue weighted by molar-refractivity contribution is 0.612. The second kappa shape index (κ2) is 7.17. The number of nitrogens with zero attached hydrogens (tertiary/aromatic N) is 1. The summed E-state index contributed by atoms with van der Waals surface area (Å²) in [5.41, 5.74) is 0.891. The zero-order valence-corrected chi connectivity index (χ0v) is 10.0. The molecule has 2 N–H and O–H groups in total. The summed E-state index contributed by atoms with van der Waals surface area (Å²) >= 11 is 0. The van der Waals surface area contributed by atoms with E-state index in [4.69, 9.17) is 0 Å². The van der Waals surface area contributed by atoms with Gasteiger partial charge in [0.05, 0.1) is 6.20 Å². The summed E-state index contributed by atoms with van der Waals surface area (Å²) in [5, 5.41) is 6.45. The second-order valence-corrected chi connectivity index (χ2v) is 3.76. The highest BCUT2D eigenvalue weighted by Crippen LogP contribution is 2.13. The van der Waals surface area contributed by atoms with Gasteiger partial charge in [-0.1, -0.05) is 13.8 Å². The predicted molar refractivity (Wildman–Crippen MR) is 65.0 cm³/mol. The third kappa shape index (κ3) is 4.14. The Balaban J connectivity index is 2.65. The summed E-state index contributed by atoms with van der Waals surface area (Å²) in [6, 6.07) is 1.54.